The number of benzene rings is 2. The molecule has 0 fully saturated rings. The van der Waals surface area contributed by atoms with Crippen LogP contribution in [0.2, 0.25) is 5.02 Å². The first-order valence-electron chi connectivity index (χ1n) is 10.8. The van der Waals surface area contributed by atoms with E-state index in [0.29, 0.717) is 23.1 Å². The first-order chi connectivity index (χ1) is 15.7. The number of hydrogen-bond acceptors (Lipinski definition) is 4. The molecule has 7 heteroatoms. The highest BCUT2D eigenvalue weighted by atomic mass is 35.5. The molecule has 0 radical (unpaired) electrons. The lowest BCUT2D eigenvalue weighted by Crippen LogP contribution is -2.12. The monoisotopic (exact) mass is 446 g/mol. The zero-order valence-electron chi connectivity index (χ0n) is 17.6. The summed E-state index contributed by atoms with van der Waals surface area (Å²) in [5.41, 5.74) is 3.90. The largest absolute Gasteiger partial charge is 0.441 e. The molecule has 0 saturated heterocycles. The molecule has 32 heavy (non-hydrogen) atoms. The first-order valence-corrected chi connectivity index (χ1v) is 11.2. The second-order valence-corrected chi connectivity index (χ2v) is 8.31. The van der Waals surface area contributed by atoms with Crippen LogP contribution >= 0.6 is 11.6 Å². The quantitative estimate of drug-likeness (QED) is 0.408. The number of nitrogens with one attached hydrogen (secondary N) is 1. The fraction of sp³-hybridized carbons (Fsp3) is 0.240. The molecule has 1 N–H and O–H groups in total. The molecular weight excluding hydrogens is 424 g/mol. The van der Waals surface area contributed by atoms with Crippen molar-refractivity contribution in [2.75, 3.05) is 5.32 Å². The average molecular weight is 447 g/mol. The standard InChI is InChI=1S/C25H23ClN4O2/c26-21-7-2-1-6-20(21)22-16-27-24(32-22)13-12-23(31)29-18-10-8-17(9-11-18)25-28-15-19-5-3-4-14-30(19)25/h1-2,6-11,15-16H,3-5,12-14H2,(H,29,31). The molecule has 3 heterocycles. The number of halogens is 1. The third kappa shape index (κ3) is 4.32. The van der Waals surface area contributed by atoms with Gasteiger partial charge in [0.1, 0.15) is 5.82 Å². The van der Waals surface area contributed by atoms with Crippen LogP contribution in [0.4, 0.5) is 5.69 Å². The molecule has 0 atom stereocenters. The zero-order chi connectivity index (χ0) is 21.9. The predicted molar refractivity (Wildman–Crippen MR) is 125 cm³/mol. The third-order valence-electron chi connectivity index (χ3n) is 5.69. The van der Waals surface area contributed by atoms with Gasteiger partial charge in [-0.25, -0.2) is 9.97 Å². The van der Waals surface area contributed by atoms with Gasteiger partial charge in [0.2, 0.25) is 5.91 Å². The Kier molecular flexibility index (Phi) is 5.77. The highest BCUT2D eigenvalue weighted by molar-refractivity contribution is 6.33. The van der Waals surface area contributed by atoms with E-state index >= 15 is 0 Å². The van der Waals surface area contributed by atoms with Crippen molar-refractivity contribution in [3.63, 3.8) is 0 Å². The Morgan fingerprint density at radius 1 is 1.06 bits per heavy atom. The maximum absolute atomic E-state index is 12.4. The van der Waals surface area contributed by atoms with Gasteiger partial charge in [0.15, 0.2) is 11.7 Å². The summed E-state index contributed by atoms with van der Waals surface area (Å²) in [6.45, 7) is 1.02. The lowest BCUT2D eigenvalue weighted by Gasteiger charge is -2.16. The molecule has 1 aliphatic heterocycles. The van der Waals surface area contributed by atoms with Crippen LogP contribution in [0.1, 0.15) is 30.8 Å². The number of fused-ring (bicyclic) bond motifs is 1. The lowest BCUT2D eigenvalue weighted by molar-refractivity contribution is -0.116. The highest BCUT2D eigenvalue weighted by Crippen LogP contribution is 2.28. The highest BCUT2D eigenvalue weighted by Gasteiger charge is 2.15. The number of carbonyl (C=O) groups excluding carboxylic acids is 1. The molecule has 0 unspecified atom stereocenters. The lowest BCUT2D eigenvalue weighted by atomic mass is 10.1. The van der Waals surface area contributed by atoms with E-state index in [-0.39, 0.29) is 12.3 Å². The topological polar surface area (TPSA) is 73.0 Å². The van der Waals surface area contributed by atoms with Gasteiger partial charge in [-0.1, -0.05) is 23.7 Å². The van der Waals surface area contributed by atoms with Crippen molar-refractivity contribution < 1.29 is 9.21 Å². The van der Waals surface area contributed by atoms with Crippen molar-refractivity contribution in [3.05, 3.63) is 77.5 Å². The van der Waals surface area contributed by atoms with E-state index in [1.165, 1.54) is 18.5 Å². The van der Waals surface area contributed by atoms with Crippen molar-refractivity contribution in [1.82, 2.24) is 14.5 Å². The van der Waals surface area contributed by atoms with Crippen LogP contribution in [-0.4, -0.2) is 20.4 Å². The summed E-state index contributed by atoms with van der Waals surface area (Å²) in [4.78, 5) is 21.3. The van der Waals surface area contributed by atoms with Crippen LogP contribution in [0, 0.1) is 0 Å². The fourth-order valence-electron chi connectivity index (χ4n) is 4.02. The first kappa shape index (κ1) is 20.5. The number of rotatable bonds is 6. The molecule has 0 aliphatic carbocycles. The van der Waals surface area contributed by atoms with E-state index in [4.69, 9.17) is 16.0 Å². The molecule has 4 aromatic rings. The minimum Gasteiger partial charge on any atom is -0.441 e. The van der Waals surface area contributed by atoms with Crippen molar-refractivity contribution in [1.29, 1.82) is 0 Å². The Hall–Kier alpha value is -3.38. The molecule has 2 aromatic carbocycles. The minimum atomic E-state index is -0.0894. The second-order valence-electron chi connectivity index (χ2n) is 7.91. The SMILES string of the molecule is O=C(CCc1ncc(-c2ccccc2Cl)o1)Nc1ccc(-c2ncc3n2CCCC3)cc1. The molecular formula is C25H23ClN4O2. The predicted octanol–water partition coefficient (Wildman–Crippen LogP) is 5.77. The third-order valence-corrected chi connectivity index (χ3v) is 6.02. The Morgan fingerprint density at radius 2 is 1.91 bits per heavy atom. The number of hydrogen-bond donors (Lipinski definition) is 1. The van der Waals surface area contributed by atoms with Crippen molar-refractivity contribution in [2.45, 2.75) is 38.6 Å². The van der Waals surface area contributed by atoms with Crippen LogP contribution in [0.5, 0.6) is 0 Å². The second kappa shape index (κ2) is 9.01. The van der Waals surface area contributed by atoms with Gasteiger partial charge in [-0.15, -0.1) is 0 Å². The number of nitrogens with zero attached hydrogens (tertiary/aromatic N) is 3. The maximum atomic E-state index is 12.4. The smallest absolute Gasteiger partial charge is 0.224 e. The van der Waals surface area contributed by atoms with Crippen LogP contribution in [0.3, 0.4) is 0 Å². The number of oxazole rings is 1. The van der Waals surface area contributed by atoms with E-state index in [1.807, 2.05) is 48.7 Å². The molecule has 5 rings (SSSR count). The van der Waals surface area contributed by atoms with Crippen molar-refractivity contribution in [2.24, 2.45) is 0 Å². The van der Waals surface area contributed by atoms with Gasteiger partial charge < -0.3 is 14.3 Å². The maximum Gasteiger partial charge on any atom is 0.224 e. The molecule has 162 valence electrons. The normalized spacial score (nSPS) is 13.0. The number of imidazole rings is 1. The van der Waals surface area contributed by atoms with E-state index in [1.54, 1.807) is 12.3 Å². The van der Waals surface area contributed by atoms with E-state index < -0.39 is 0 Å². The Bertz CT molecular complexity index is 1240. The summed E-state index contributed by atoms with van der Waals surface area (Å²) >= 11 is 6.21. The van der Waals surface area contributed by atoms with E-state index in [0.717, 1.165) is 35.6 Å². The van der Waals surface area contributed by atoms with Gasteiger partial charge in [-0.2, -0.15) is 0 Å². The van der Waals surface area contributed by atoms with Crippen LogP contribution in [-0.2, 0) is 24.2 Å². The molecule has 0 saturated carbocycles. The summed E-state index contributed by atoms with van der Waals surface area (Å²) < 4.78 is 8.06. The van der Waals surface area contributed by atoms with Gasteiger partial charge in [0.05, 0.1) is 11.2 Å². The van der Waals surface area contributed by atoms with E-state index in [9.17, 15) is 4.79 Å². The zero-order valence-corrected chi connectivity index (χ0v) is 18.3. The minimum absolute atomic E-state index is 0.0894. The van der Waals surface area contributed by atoms with Crippen LogP contribution < -0.4 is 5.32 Å². The van der Waals surface area contributed by atoms with Crippen molar-refractivity contribution in [3.8, 4) is 22.7 Å². The average Bonchev–Trinajstić information content (AvgIpc) is 3.46. The van der Waals surface area contributed by atoms with E-state index in [2.05, 4.69) is 19.9 Å². The summed E-state index contributed by atoms with van der Waals surface area (Å²) in [6.07, 6.45) is 7.81. The van der Waals surface area contributed by atoms with Crippen LogP contribution in [0.25, 0.3) is 22.7 Å². The summed E-state index contributed by atoms with van der Waals surface area (Å²) in [5, 5.41) is 3.54. The van der Waals surface area contributed by atoms with Crippen LogP contribution in [0.15, 0.2) is 65.3 Å². The molecule has 1 amide bonds. The molecule has 2 aromatic heterocycles. The molecule has 0 bridgehead atoms. The fourth-order valence-corrected chi connectivity index (χ4v) is 4.25. The Balaban J connectivity index is 1.18. The Morgan fingerprint density at radius 3 is 2.75 bits per heavy atom. The van der Waals surface area contributed by atoms with Gasteiger partial charge in [-0.3, -0.25) is 4.79 Å². The number of aromatic nitrogens is 3. The van der Waals surface area contributed by atoms with Crippen molar-refractivity contribution >= 4 is 23.2 Å². The number of anilines is 1. The van der Waals surface area contributed by atoms with Gasteiger partial charge in [0, 0.05) is 48.1 Å². The number of aryl methyl sites for hydroxylation is 2. The number of amides is 1. The number of carbonyl (C=O) groups is 1. The molecule has 0 spiro atoms. The van der Waals surface area contributed by atoms with Gasteiger partial charge in [0.25, 0.3) is 0 Å². The summed E-state index contributed by atoms with van der Waals surface area (Å²) in [5.74, 6) is 2.02. The molecule has 1 aliphatic rings. The Labute approximate surface area is 191 Å². The summed E-state index contributed by atoms with van der Waals surface area (Å²) in [7, 11) is 0. The van der Waals surface area contributed by atoms with Gasteiger partial charge >= 0.3 is 0 Å². The van der Waals surface area contributed by atoms with Gasteiger partial charge in [-0.05, 0) is 55.7 Å². The summed E-state index contributed by atoms with van der Waals surface area (Å²) in [6, 6.07) is 15.3. The molecule has 6 nitrogen and oxygen atoms in total.